The Hall–Kier alpha value is -2.87. The summed E-state index contributed by atoms with van der Waals surface area (Å²) in [5.74, 6) is -0.199. The van der Waals surface area contributed by atoms with Crippen LogP contribution in [0.3, 0.4) is 0 Å². The van der Waals surface area contributed by atoms with Crippen molar-refractivity contribution < 1.29 is 9.53 Å². The highest BCUT2D eigenvalue weighted by Gasteiger charge is 2.12. The second kappa shape index (κ2) is 9.31. The van der Waals surface area contributed by atoms with Crippen LogP contribution in [0.5, 0.6) is 0 Å². The number of nitrogens with zero attached hydrogens (tertiary/aromatic N) is 3. The molecule has 0 unspecified atom stereocenters. The number of nitriles is 2. The van der Waals surface area contributed by atoms with Crippen LogP contribution in [0.15, 0.2) is 36.0 Å². The molecule has 0 saturated carbocycles. The van der Waals surface area contributed by atoms with Crippen molar-refractivity contribution in [1.82, 2.24) is 10.2 Å². The Morgan fingerprint density at radius 2 is 1.96 bits per heavy atom. The molecule has 0 spiro atoms. The molecule has 1 amide bonds. The number of hydrogen-bond acceptors (Lipinski definition) is 6. The van der Waals surface area contributed by atoms with Crippen LogP contribution in [-0.4, -0.2) is 50.2 Å². The standard InChI is InChI=1S/C17H19N5O2/c18-11-14(12-19)13-21-16-4-2-1-3-15(16)17(23)20-5-6-22-7-9-24-10-8-22/h1-4,13,21H,5-10H2,(H,20,23). The number of ether oxygens (including phenoxy) is 1. The van der Waals surface area contributed by atoms with E-state index in [4.69, 9.17) is 15.3 Å². The van der Waals surface area contributed by atoms with Gasteiger partial charge in [-0.15, -0.1) is 0 Å². The van der Waals surface area contributed by atoms with Crippen LogP contribution in [0.2, 0.25) is 0 Å². The van der Waals surface area contributed by atoms with Gasteiger partial charge < -0.3 is 15.4 Å². The Morgan fingerprint density at radius 1 is 1.25 bits per heavy atom. The smallest absolute Gasteiger partial charge is 0.253 e. The van der Waals surface area contributed by atoms with Gasteiger partial charge in [-0.2, -0.15) is 10.5 Å². The molecule has 7 heteroatoms. The summed E-state index contributed by atoms with van der Waals surface area (Å²) in [6.45, 7) is 4.54. The van der Waals surface area contributed by atoms with E-state index in [2.05, 4.69) is 15.5 Å². The van der Waals surface area contributed by atoms with Crippen molar-refractivity contribution in [2.75, 3.05) is 44.7 Å². The maximum Gasteiger partial charge on any atom is 0.253 e. The molecule has 1 aliphatic rings. The van der Waals surface area contributed by atoms with Gasteiger partial charge in [0.2, 0.25) is 0 Å². The van der Waals surface area contributed by atoms with E-state index in [1.54, 1.807) is 36.4 Å². The van der Waals surface area contributed by atoms with E-state index in [0.717, 1.165) is 32.8 Å². The Morgan fingerprint density at radius 3 is 2.67 bits per heavy atom. The first-order valence-corrected chi connectivity index (χ1v) is 7.69. The molecule has 0 atom stereocenters. The predicted octanol–water partition coefficient (Wildman–Crippen LogP) is 1.09. The van der Waals surface area contributed by atoms with Gasteiger partial charge in [0, 0.05) is 32.4 Å². The van der Waals surface area contributed by atoms with Gasteiger partial charge in [0.25, 0.3) is 5.91 Å². The molecule has 1 aromatic rings. The first-order valence-electron chi connectivity index (χ1n) is 7.69. The molecule has 124 valence electrons. The predicted molar refractivity (Wildman–Crippen MR) is 89.0 cm³/mol. The molecule has 0 bridgehead atoms. The number of rotatable bonds is 6. The largest absolute Gasteiger partial charge is 0.379 e. The molecule has 1 aromatic carbocycles. The van der Waals surface area contributed by atoms with Crippen LogP contribution in [0.1, 0.15) is 10.4 Å². The lowest BCUT2D eigenvalue weighted by Gasteiger charge is -2.26. The Balaban J connectivity index is 1.93. The fraction of sp³-hybridized carbons (Fsp3) is 0.353. The quantitative estimate of drug-likeness (QED) is 0.759. The van der Waals surface area contributed by atoms with Crippen LogP contribution in [0.25, 0.3) is 0 Å². The number of anilines is 1. The van der Waals surface area contributed by atoms with Crippen molar-refractivity contribution in [1.29, 1.82) is 10.5 Å². The van der Waals surface area contributed by atoms with E-state index in [1.165, 1.54) is 6.20 Å². The molecule has 1 fully saturated rings. The average molecular weight is 325 g/mol. The van der Waals surface area contributed by atoms with Crippen molar-refractivity contribution in [3.8, 4) is 12.1 Å². The van der Waals surface area contributed by atoms with Crippen molar-refractivity contribution in [3.05, 3.63) is 41.6 Å². The van der Waals surface area contributed by atoms with Crippen LogP contribution < -0.4 is 10.6 Å². The Kier molecular flexibility index (Phi) is 6.78. The zero-order chi connectivity index (χ0) is 17.2. The summed E-state index contributed by atoms with van der Waals surface area (Å²) in [4.78, 5) is 14.6. The van der Waals surface area contributed by atoms with Crippen LogP contribution in [0, 0.1) is 22.7 Å². The summed E-state index contributed by atoms with van der Waals surface area (Å²) in [6.07, 6.45) is 1.29. The van der Waals surface area contributed by atoms with Gasteiger partial charge in [-0.05, 0) is 12.1 Å². The first-order chi connectivity index (χ1) is 11.7. The number of benzene rings is 1. The first kappa shape index (κ1) is 17.5. The zero-order valence-corrected chi connectivity index (χ0v) is 13.3. The average Bonchev–Trinajstić information content (AvgIpc) is 2.63. The van der Waals surface area contributed by atoms with Gasteiger partial charge >= 0.3 is 0 Å². The second-order valence-electron chi connectivity index (χ2n) is 5.18. The summed E-state index contributed by atoms with van der Waals surface area (Å²) in [5, 5.41) is 23.2. The van der Waals surface area contributed by atoms with Gasteiger partial charge in [0.15, 0.2) is 0 Å². The van der Waals surface area contributed by atoms with Crippen molar-refractivity contribution in [2.24, 2.45) is 0 Å². The summed E-state index contributed by atoms with van der Waals surface area (Å²) in [7, 11) is 0. The zero-order valence-electron chi connectivity index (χ0n) is 13.3. The molecule has 0 radical (unpaired) electrons. The molecule has 1 saturated heterocycles. The molecule has 1 heterocycles. The maximum atomic E-state index is 12.3. The lowest BCUT2D eigenvalue weighted by molar-refractivity contribution is 0.0383. The summed E-state index contributed by atoms with van der Waals surface area (Å²) >= 11 is 0. The minimum Gasteiger partial charge on any atom is -0.379 e. The number of hydrogen-bond donors (Lipinski definition) is 2. The van der Waals surface area contributed by atoms with E-state index >= 15 is 0 Å². The molecule has 1 aliphatic heterocycles. The lowest BCUT2D eigenvalue weighted by Crippen LogP contribution is -2.41. The topological polar surface area (TPSA) is 101 Å². The fourth-order valence-corrected chi connectivity index (χ4v) is 2.29. The van der Waals surface area contributed by atoms with Crippen molar-refractivity contribution >= 4 is 11.6 Å². The number of carbonyl (C=O) groups is 1. The SMILES string of the molecule is N#CC(C#N)=CNc1ccccc1C(=O)NCCN1CCOCC1. The third kappa shape index (κ3) is 5.10. The third-order valence-electron chi connectivity index (χ3n) is 3.60. The van der Waals surface area contributed by atoms with E-state index in [0.29, 0.717) is 17.8 Å². The number of nitrogens with one attached hydrogen (secondary N) is 2. The van der Waals surface area contributed by atoms with E-state index < -0.39 is 0 Å². The second-order valence-corrected chi connectivity index (χ2v) is 5.18. The molecule has 0 aliphatic carbocycles. The number of amides is 1. The minimum atomic E-state index is -0.199. The summed E-state index contributed by atoms with van der Waals surface area (Å²) in [5.41, 5.74) is 0.952. The maximum absolute atomic E-state index is 12.3. The van der Waals surface area contributed by atoms with Gasteiger partial charge in [0.05, 0.1) is 24.5 Å². The van der Waals surface area contributed by atoms with Gasteiger partial charge in [-0.3, -0.25) is 9.69 Å². The summed E-state index contributed by atoms with van der Waals surface area (Å²) < 4.78 is 5.29. The van der Waals surface area contributed by atoms with E-state index in [9.17, 15) is 4.79 Å². The van der Waals surface area contributed by atoms with Crippen LogP contribution in [-0.2, 0) is 4.74 Å². The molecule has 0 aromatic heterocycles. The van der Waals surface area contributed by atoms with Gasteiger partial charge in [-0.25, -0.2) is 0 Å². The molecular formula is C17H19N5O2. The Labute approximate surface area is 141 Å². The summed E-state index contributed by atoms with van der Waals surface area (Å²) in [6, 6.07) is 10.5. The lowest BCUT2D eigenvalue weighted by atomic mass is 10.1. The van der Waals surface area contributed by atoms with Gasteiger partial charge in [0.1, 0.15) is 17.7 Å². The molecule has 2 N–H and O–H groups in total. The highest BCUT2D eigenvalue weighted by atomic mass is 16.5. The van der Waals surface area contributed by atoms with Crippen LogP contribution >= 0.6 is 0 Å². The minimum absolute atomic E-state index is 0.0578. The highest BCUT2D eigenvalue weighted by molar-refractivity contribution is 5.99. The van der Waals surface area contributed by atoms with Crippen LogP contribution in [0.4, 0.5) is 5.69 Å². The molecule has 7 nitrogen and oxygen atoms in total. The molecule has 2 rings (SSSR count). The van der Waals surface area contributed by atoms with Crippen molar-refractivity contribution in [3.63, 3.8) is 0 Å². The third-order valence-corrected chi connectivity index (χ3v) is 3.60. The fourth-order valence-electron chi connectivity index (χ4n) is 2.29. The van der Waals surface area contributed by atoms with E-state index in [-0.39, 0.29) is 11.5 Å². The molecular weight excluding hydrogens is 306 g/mol. The number of para-hydroxylation sites is 1. The van der Waals surface area contributed by atoms with Gasteiger partial charge in [-0.1, -0.05) is 12.1 Å². The Bertz CT molecular complexity index is 665. The monoisotopic (exact) mass is 325 g/mol. The number of allylic oxidation sites excluding steroid dienone is 1. The van der Waals surface area contributed by atoms with Crippen molar-refractivity contribution in [2.45, 2.75) is 0 Å². The van der Waals surface area contributed by atoms with E-state index in [1.807, 2.05) is 0 Å². The highest BCUT2D eigenvalue weighted by Crippen LogP contribution is 2.15. The number of morpholine rings is 1. The normalized spacial score (nSPS) is 14.1. The number of carbonyl (C=O) groups excluding carboxylic acids is 1. The molecule has 24 heavy (non-hydrogen) atoms.